The van der Waals surface area contributed by atoms with Crippen LogP contribution in [-0.4, -0.2) is 12.5 Å². The summed E-state index contributed by atoms with van der Waals surface area (Å²) in [5, 5.41) is 2.91. The second kappa shape index (κ2) is 1.99. The lowest BCUT2D eigenvalue weighted by Gasteiger charge is -2.20. The van der Waals surface area contributed by atoms with Crippen LogP contribution in [-0.2, 0) is 4.79 Å². The molecule has 1 saturated heterocycles. The van der Waals surface area contributed by atoms with E-state index in [1.54, 1.807) is 0 Å². The SMILES string of the molecule is CC1CC1C1(C)CNC(=O)C1. The summed E-state index contributed by atoms with van der Waals surface area (Å²) in [6.07, 6.45) is 2.08. The van der Waals surface area contributed by atoms with E-state index in [1.807, 2.05) is 0 Å². The van der Waals surface area contributed by atoms with Crippen LogP contribution in [0.5, 0.6) is 0 Å². The van der Waals surface area contributed by atoms with E-state index in [-0.39, 0.29) is 11.3 Å². The van der Waals surface area contributed by atoms with Crippen molar-refractivity contribution >= 4 is 5.91 Å². The molecular formula is C9H15NO. The number of carbonyl (C=O) groups is 1. The average molecular weight is 153 g/mol. The van der Waals surface area contributed by atoms with Crippen molar-refractivity contribution < 1.29 is 4.79 Å². The van der Waals surface area contributed by atoms with Crippen LogP contribution in [0.4, 0.5) is 0 Å². The van der Waals surface area contributed by atoms with E-state index < -0.39 is 0 Å². The fraction of sp³-hybridized carbons (Fsp3) is 0.889. The molecule has 1 N–H and O–H groups in total. The minimum atomic E-state index is 0.242. The van der Waals surface area contributed by atoms with Crippen molar-refractivity contribution in [1.29, 1.82) is 0 Å². The van der Waals surface area contributed by atoms with E-state index in [1.165, 1.54) is 6.42 Å². The zero-order valence-corrected chi connectivity index (χ0v) is 7.18. The molecule has 2 aliphatic rings. The lowest BCUT2D eigenvalue weighted by atomic mass is 9.83. The second-order valence-corrected chi connectivity index (χ2v) is 4.43. The first-order valence-corrected chi connectivity index (χ1v) is 4.38. The van der Waals surface area contributed by atoms with E-state index >= 15 is 0 Å². The van der Waals surface area contributed by atoms with Gasteiger partial charge in [-0.2, -0.15) is 0 Å². The first-order valence-electron chi connectivity index (χ1n) is 4.38. The van der Waals surface area contributed by atoms with Gasteiger partial charge in [-0.1, -0.05) is 13.8 Å². The molecule has 1 heterocycles. The van der Waals surface area contributed by atoms with Crippen LogP contribution < -0.4 is 5.32 Å². The Morgan fingerprint density at radius 3 is 2.64 bits per heavy atom. The molecule has 2 fully saturated rings. The smallest absolute Gasteiger partial charge is 0.220 e. The number of amides is 1. The standard InChI is InChI=1S/C9H15NO/c1-6-3-7(6)9(2)4-8(11)10-5-9/h6-7H,3-5H2,1-2H3,(H,10,11). The van der Waals surface area contributed by atoms with Crippen LogP contribution in [0.25, 0.3) is 0 Å². The molecule has 11 heavy (non-hydrogen) atoms. The molecule has 0 aromatic rings. The highest BCUT2D eigenvalue weighted by Crippen LogP contribution is 2.53. The van der Waals surface area contributed by atoms with Gasteiger partial charge in [-0.05, 0) is 23.7 Å². The highest BCUT2D eigenvalue weighted by molar-refractivity contribution is 5.79. The van der Waals surface area contributed by atoms with Gasteiger partial charge in [-0.3, -0.25) is 4.79 Å². The third-order valence-corrected chi connectivity index (χ3v) is 3.26. The molecular weight excluding hydrogens is 138 g/mol. The number of nitrogens with one attached hydrogen (secondary N) is 1. The molecule has 2 heteroatoms. The lowest BCUT2D eigenvalue weighted by molar-refractivity contribution is -0.119. The van der Waals surface area contributed by atoms with E-state index in [9.17, 15) is 4.79 Å². The maximum atomic E-state index is 11.0. The molecule has 1 saturated carbocycles. The van der Waals surface area contributed by atoms with Gasteiger partial charge < -0.3 is 5.32 Å². The van der Waals surface area contributed by atoms with E-state index in [0.29, 0.717) is 0 Å². The van der Waals surface area contributed by atoms with Gasteiger partial charge in [-0.15, -0.1) is 0 Å². The van der Waals surface area contributed by atoms with Crippen LogP contribution in [0, 0.1) is 17.3 Å². The molecule has 2 nitrogen and oxygen atoms in total. The fourth-order valence-corrected chi connectivity index (χ4v) is 2.35. The average Bonchev–Trinajstić information content (AvgIpc) is 2.55. The van der Waals surface area contributed by atoms with Crippen molar-refractivity contribution in [3.05, 3.63) is 0 Å². The third kappa shape index (κ3) is 1.05. The van der Waals surface area contributed by atoms with Gasteiger partial charge in [0.25, 0.3) is 0 Å². The number of hydrogen-bond donors (Lipinski definition) is 1. The molecule has 0 bridgehead atoms. The summed E-state index contributed by atoms with van der Waals surface area (Å²) < 4.78 is 0. The molecule has 62 valence electrons. The van der Waals surface area contributed by atoms with Crippen molar-refractivity contribution in [1.82, 2.24) is 5.32 Å². The molecule has 1 aliphatic heterocycles. The van der Waals surface area contributed by atoms with Gasteiger partial charge in [-0.25, -0.2) is 0 Å². The van der Waals surface area contributed by atoms with Crippen molar-refractivity contribution in [2.45, 2.75) is 26.7 Å². The van der Waals surface area contributed by atoms with Crippen LogP contribution in [0.3, 0.4) is 0 Å². The molecule has 3 unspecified atom stereocenters. The summed E-state index contributed by atoms with van der Waals surface area (Å²) in [6.45, 7) is 5.42. The zero-order valence-electron chi connectivity index (χ0n) is 7.18. The molecule has 1 amide bonds. The highest BCUT2D eigenvalue weighted by atomic mass is 16.1. The molecule has 3 atom stereocenters. The highest BCUT2D eigenvalue weighted by Gasteiger charge is 2.50. The largest absolute Gasteiger partial charge is 0.356 e. The van der Waals surface area contributed by atoms with Gasteiger partial charge in [0.15, 0.2) is 0 Å². The predicted molar refractivity (Wildman–Crippen MR) is 43.0 cm³/mol. The fourth-order valence-electron chi connectivity index (χ4n) is 2.35. The maximum Gasteiger partial charge on any atom is 0.220 e. The van der Waals surface area contributed by atoms with Crippen LogP contribution >= 0.6 is 0 Å². The van der Waals surface area contributed by atoms with E-state index in [4.69, 9.17) is 0 Å². The molecule has 0 spiro atoms. The van der Waals surface area contributed by atoms with Gasteiger partial charge >= 0.3 is 0 Å². The normalized spacial score (nSPS) is 49.1. The molecule has 2 rings (SSSR count). The van der Waals surface area contributed by atoms with Gasteiger partial charge in [0, 0.05) is 13.0 Å². The van der Waals surface area contributed by atoms with Crippen molar-refractivity contribution in [3.63, 3.8) is 0 Å². The minimum absolute atomic E-state index is 0.242. The Hall–Kier alpha value is -0.530. The van der Waals surface area contributed by atoms with Gasteiger partial charge in [0.05, 0.1) is 0 Å². The predicted octanol–water partition coefficient (Wildman–Crippen LogP) is 1.17. The first-order chi connectivity index (χ1) is 5.12. The Morgan fingerprint density at radius 2 is 2.27 bits per heavy atom. The van der Waals surface area contributed by atoms with Crippen LogP contribution in [0.1, 0.15) is 26.7 Å². The van der Waals surface area contributed by atoms with Gasteiger partial charge in [0.1, 0.15) is 0 Å². The number of rotatable bonds is 1. The Morgan fingerprint density at radius 1 is 1.64 bits per heavy atom. The number of hydrogen-bond acceptors (Lipinski definition) is 1. The monoisotopic (exact) mass is 153 g/mol. The molecule has 0 aromatic heterocycles. The van der Waals surface area contributed by atoms with E-state index in [2.05, 4.69) is 19.2 Å². The van der Waals surface area contributed by atoms with Crippen molar-refractivity contribution in [3.8, 4) is 0 Å². The van der Waals surface area contributed by atoms with Crippen LogP contribution in [0.15, 0.2) is 0 Å². The minimum Gasteiger partial charge on any atom is -0.356 e. The maximum absolute atomic E-state index is 11.0. The summed E-state index contributed by atoms with van der Waals surface area (Å²) in [7, 11) is 0. The summed E-state index contributed by atoms with van der Waals surface area (Å²) in [5.41, 5.74) is 0.288. The Balaban J connectivity index is 2.06. The lowest BCUT2D eigenvalue weighted by Crippen LogP contribution is -2.23. The van der Waals surface area contributed by atoms with E-state index in [0.717, 1.165) is 24.8 Å². The van der Waals surface area contributed by atoms with Crippen molar-refractivity contribution in [2.24, 2.45) is 17.3 Å². The van der Waals surface area contributed by atoms with Crippen LogP contribution in [0.2, 0.25) is 0 Å². The molecule has 1 aliphatic carbocycles. The summed E-state index contributed by atoms with van der Waals surface area (Å²) >= 11 is 0. The molecule has 0 radical (unpaired) electrons. The summed E-state index contributed by atoms with van der Waals surface area (Å²) in [5.74, 6) is 1.90. The Labute approximate surface area is 67.4 Å². The van der Waals surface area contributed by atoms with Gasteiger partial charge in [0.2, 0.25) is 5.91 Å². The quantitative estimate of drug-likeness (QED) is 0.602. The summed E-state index contributed by atoms with van der Waals surface area (Å²) in [4.78, 5) is 11.0. The summed E-state index contributed by atoms with van der Waals surface area (Å²) in [6, 6.07) is 0. The topological polar surface area (TPSA) is 29.1 Å². The number of carbonyl (C=O) groups excluding carboxylic acids is 1. The first kappa shape index (κ1) is 7.14. The zero-order chi connectivity index (χ0) is 8.06. The second-order valence-electron chi connectivity index (χ2n) is 4.43. The Kier molecular flexibility index (Phi) is 1.29. The van der Waals surface area contributed by atoms with Crippen molar-refractivity contribution in [2.75, 3.05) is 6.54 Å². The Bertz CT molecular complexity index is 202. The molecule has 0 aromatic carbocycles. The third-order valence-electron chi connectivity index (χ3n) is 3.26.